The van der Waals surface area contributed by atoms with E-state index in [1.54, 1.807) is 24.5 Å². The third kappa shape index (κ3) is 9.05. The van der Waals surface area contributed by atoms with Gasteiger partial charge in [-0.1, -0.05) is 0 Å². The number of nitrogens with zero attached hydrogens (tertiary/aromatic N) is 3. The molecule has 0 aromatic carbocycles. The second-order valence-corrected chi connectivity index (χ2v) is 7.77. The third-order valence-electron chi connectivity index (χ3n) is 5.20. The van der Waals surface area contributed by atoms with Crippen LogP contribution in [0, 0.1) is 5.82 Å². The number of alkyl halides is 6. The van der Waals surface area contributed by atoms with Crippen LogP contribution >= 0.6 is 0 Å². The van der Waals surface area contributed by atoms with Gasteiger partial charge in [-0.05, 0) is 37.1 Å². The second-order valence-electron chi connectivity index (χ2n) is 7.77. The molecular formula is C22H20F7N3O7. The molecule has 0 radical (unpaired) electrons. The zero-order chi connectivity index (χ0) is 29.4. The van der Waals surface area contributed by atoms with Crippen molar-refractivity contribution in [2.24, 2.45) is 0 Å². The van der Waals surface area contributed by atoms with Gasteiger partial charge in [0.05, 0.1) is 12.6 Å². The Bertz CT molecular complexity index is 1110. The lowest BCUT2D eigenvalue weighted by Crippen LogP contribution is -2.54. The summed E-state index contributed by atoms with van der Waals surface area (Å²) in [6.45, 7) is 0.968. The molecule has 4 rings (SSSR count). The fourth-order valence-electron chi connectivity index (χ4n) is 3.56. The Morgan fingerprint density at radius 3 is 2.03 bits per heavy atom. The van der Waals surface area contributed by atoms with E-state index in [0.717, 1.165) is 6.42 Å². The number of pyridine rings is 2. The Morgan fingerprint density at radius 1 is 0.949 bits per heavy atom. The first-order chi connectivity index (χ1) is 18.1. The summed E-state index contributed by atoms with van der Waals surface area (Å²) in [7, 11) is 0. The smallest absolute Gasteiger partial charge is 0.475 e. The molecule has 0 spiro atoms. The maximum absolute atomic E-state index is 13.8. The molecule has 0 bridgehead atoms. The van der Waals surface area contributed by atoms with Gasteiger partial charge < -0.3 is 24.6 Å². The minimum absolute atomic E-state index is 0.0191. The zero-order valence-corrected chi connectivity index (χ0v) is 19.5. The number of rotatable bonds is 3. The van der Waals surface area contributed by atoms with E-state index in [1.165, 1.54) is 18.3 Å². The summed E-state index contributed by atoms with van der Waals surface area (Å²) in [5, 5.41) is 14.2. The van der Waals surface area contributed by atoms with Gasteiger partial charge in [-0.3, -0.25) is 9.78 Å². The number of aliphatic carboxylic acids is 2. The predicted octanol–water partition coefficient (Wildman–Crippen LogP) is 3.33. The van der Waals surface area contributed by atoms with Crippen molar-refractivity contribution in [3.8, 4) is 5.88 Å². The highest BCUT2D eigenvalue weighted by Crippen LogP contribution is 2.33. The quantitative estimate of drug-likeness (QED) is 0.531. The van der Waals surface area contributed by atoms with Crippen LogP contribution in [0.1, 0.15) is 23.2 Å². The SMILES string of the molecule is O=C(O)C(F)(F)F.O=C(O)C(F)(F)F.O=C(c1ccncc1)N1CCO[C@H]2[C@H](Oc3ncccc3F)CC[C@@H]21. The van der Waals surface area contributed by atoms with E-state index in [9.17, 15) is 35.5 Å². The van der Waals surface area contributed by atoms with Crippen molar-refractivity contribution in [1.82, 2.24) is 14.9 Å². The number of carboxylic acid groups (broad SMARTS) is 2. The van der Waals surface area contributed by atoms with Crippen LogP contribution in [0.3, 0.4) is 0 Å². The third-order valence-corrected chi connectivity index (χ3v) is 5.20. The van der Waals surface area contributed by atoms with E-state index in [-0.39, 0.29) is 30.0 Å². The van der Waals surface area contributed by atoms with E-state index in [2.05, 4.69) is 9.97 Å². The van der Waals surface area contributed by atoms with Crippen molar-refractivity contribution in [2.75, 3.05) is 13.2 Å². The minimum Gasteiger partial charge on any atom is -0.475 e. The number of carboxylic acids is 2. The summed E-state index contributed by atoms with van der Waals surface area (Å²) < 4.78 is 88.9. The molecule has 17 heteroatoms. The monoisotopic (exact) mass is 571 g/mol. The maximum Gasteiger partial charge on any atom is 0.490 e. The number of amides is 1. The fourth-order valence-corrected chi connectivity index (χ4v) is 3.56. The molecule has 2 N–H and O–H groups in total. The lowest BCUT2D eigenvalue weighted by molar-refractivity contribution is -0.193. The minimum atomic E-state index is -5.08. The van der Waals surface area contributed by atoms with Gasteiger partial charge >= 0.3 is 24.3 Å². The van der Waals surface area contributed by atoms with Crippen LogP contribution in [0.2, 0.25) is 0 Å². The van der Waals surface area contributed by atoms with Crippen LogP contribution in [0.4, 0.5) is 30.7 Å². The summed E-state index contributed by atoms with van der Waals surface area (Å²) >= 11 is 0. The van der Waals surface area contributed by atoms with Crippen molar-refractivity contribution in [3.63, 3.8) is 0 Å². The van der Waals surface area contributed by atoms with E-state index >= 15 is 0 Å². The van der Waals surface area contributed by atoms with E-state index in [0.29, 0.717) is 25.1 Å². The highest BCUT2D eigenvalue weighted by Gasteiger charge is 2.46. The van der Waals surface area contributed by atoms with Gasteiger partial charge in [0.25, 0.3) is 11.8 Å². The standard InChI is InChI=1S/C18H18FN3O3.2C2HF3O2/c19-13-2-1-7-21-17(13)25-15-4-3-14-16(15)24-11-10-22(14)18(23)12-5-8-20-9-6-12;2*3-2(4,5)1(6)7/h1-2,5-9,14-16H,3-4,10-11H2;2*(H,6,7)/t14-,15+,16+;;/m0../s1. The molecule has 10 nitrogen and oxygen atoms in total. The van der Waals surface area contributed by atoms with E-state index < -0.39 is 30.1 Å². The summed E-state index contributed by atoms with van der Waals surface area (Å²) in [6, 6.07) is 6.17. The first-order valence-electron chi connectivity index (χ1n) is 10.8. The molecule has 1 aliphatic heterocycles. The largest absolute Gasteiger partial charge is 0.490 e. The lowest BCUT2D eigenvalue weighted by Gasteiger charge is -2.39. The van der Waals surface area contributed by atoms with Gasteiger partial charge in [-0.15, -0.1) is 0 Å². The van der Waals surface area contributed by atoms with Gasteiger partial charge in [-0.2, -0.15) is 26.3 Å². The van der Waals surface area contributed by atoms with Crippen molar-refractivity contribution in [1.29, 1.82) is 0 Å². The van der Waals surface area contributed by atoms with Crippen LogP contribution in [-0.2, 0) is 14.3 Å². The number of halogens is 7. The molecular weight excluding hydrogens is 551 g/mol. The van der Waals surface area contributed by atoms with Crippen molar-refractivity contribution in [2.45, 2.75) is 43.4 Å². The Morgan fingerprint density at radius 2 is 1.51 bits per heavy atom. The number of carbonyl (C=O) groups excluding carboxylic acids is 1. The number of aromatic nitrogens is 2. The van der Waals surface area contributed by atoms with Gasteiger partial charge in [0.2, 0.25) is 0 Å². The number of ether oxygens (including phenoxy) is 2. The van der Waals surface area contributed by atoms with Crippen molar-refractivity contribution in [3.05, 3.63) is 54.2 Å². The molecule has 1 amide bonds. The number of morpholine rings is 1. The summed E-state index contributed by atoms with van der Waals surface area (Å²) in [4.78, 5) is 40.3. The molecule has 3 heterocycles. The number of fused-ring (bicyclic) bond motifs is 1. The first-order valence-corrected chi connectivity index (χ1v) is 10.8. The van der Waals surface area contributed by atoms with Crippen molar-refractivity contribution < 1.29 is 64.8 Å². The Labute approximate surface area is 215 Å². The average Bonchev–Trinajstić information content (AvgIpc) is 3.28. The molecule has 39 heavy (non-hydrogen) atoms. The molecule has 0 unspecified atom stereocenters. The number of hydrogen-bond acceptors (Lipinski definition) is 7. The Hall–Kier alpha value is -4.02. The number of hydrogen-bond donors (Lipinski definition) is 2. The molecule has 214 valence electrons. The molecule has 3 atom stereocenters. The van der Waals surface area contributed by atoms with E-state index in [4.69, 9.17) is 29.3 Å². The fraction of sp³-hybridized carbons (Fsp3) is 0.409. The van der Waals surface area contributed by atoms with Crippen LogP contribution in [-0.4, -0.2) is 86.7 Å². The molecule has 2 aromatic rings. The van der Waals surface area contributed by atoms with Gasteiger partial charge in [-0.25, -0.2) is 19.0 Å². The molecule has 2 aromatic heterocycles. The normalized spacial score (nSPS) is 20.4. The van der Waals surface area contributed by atoms with Gasteiger partial charge in [0.15, 0.2) is 5.82 Å². The van der Waals surface area contributed by atoms with Crippen LogP contribution in [0.25, 0.3) is 0 Å². The van der Waals surface area contributed by atoms with Crippen LogP contribution in [0.5, 0.6) is 5.88 Å². The van der Waals surface area contributed by atoms with Crippen molar-refractivity contribution >= 4 is 17.8 Å². The lowest BCUT2D eigenvalue weighted by atomic mass is 10.1. The van der Waals surface area contributed by atoms with Crippen LogP contribution < -0.4 is 4.74 Å². The zero-order valence-electron chi connectivity index (χ0n) is 19.5. The highest BCUT2D eigenvalue weighted by atomic mass is 19.4. The molecule has 2 aliphatic rings. The number of carbonyl (C=O) groups is 3. The maximum atomic E-state index is 13.8. The molecule has 1 saturated heterocycles. The van der Waals surface area contributed by atoms with Gasteiger partial charge in [0.1, 0.15) is 12.2 Å². The highest BCUT2D eigenvalue weighted by molar-refractivity contribution is 5.94. The van der Waals surface area contributed by atoms with E-state index in [1.807, 2.05) is 4.90 Å². The molecule has 1 saturated carbocycles. The average molecular weight is 571 g/mol. The Kier molecular flexibility index (Phi) is 10.5. The first kappa shape index (κ1) is 31.2. The summed E-state index contributed by atoms with van der Waals surface area (Å²) in [5.74, 6) is -6.06. The molecule has 2 fully saturated rings. The predicted molar refractivity (Wildman–Crippen MR) is 114 cm³/mol. The van der Waals surface area contributed by atoms with Gasteiger partial charge in [0, 0.05) is 30.7 Å². The Balaban J connectivity index is 0.000000317. The summed E-state index contributed by atoms with van der Waals surface area (Å²) in [6.07, 6.45) is -4.62. The van der Waals surface area contributed by atoms with Crippen LogP contribution in [0.15, 0.2) is 42.9 Å². The second kappa shape index (κ2) is 13.2. The topological polar surface area (TPSA) is 139 Å². The molecule has 1 aliphatic carbocycles. The summed E-state index contributed by atoms with van der Waals surface area (Å²) in [5.41, 5.74) is 0.607.